The van der Waals surface area contributed by atoms with Crippen LogP contribution < -0.4 is 4.74 Å². The number of nitriles is 3. The van der Waals surface area contributed by atoms with Gasteiger partial charge in [-0.25, -0.2) is 0 Å². The van der Waals surface area contributed by atoms with Gasteiger partial charge in [0, 0.05) is 6.92 Å². The average molecular weight is 435 g/mol. The molecule has 0 saturated carbocycles. The van der Waals surface area contributed by atoms with E-state index in [1.807, 2.05) is 12.1 Å². The third kappa shape index (κ3) is 3.50. The second-order valence-electron chi connectivity index (χ2n) is 8.80. The van der Waals surface area contributed by atoms with Crippen LogP contribution in [0.1, 0.15) is 71.0 Å². The maximum Gasteiger partial charge on any atom is 0.214 e. The minimum Gasteiger partial charge on any atom is -0.494 e. The van der Waals surface area contributed by atoms with Gasteiger partial charge in [0.2, 0.25) is 17.1 Å². The van der Waals surface area contributed by atoms with Crippen LogP contribution in [0.3, 0.4) is 0 Å². The molecule has 3 rings (SSSR count). The zero-order chi connectivity index (χ0) is 23.4. The molecule has 0 aromatic heterocycles. The summed E-state index contributed by atoms with van der Waals surface area (Å²) in [5.74, 6) is -1.64. The Balaban J connectivity index is 1.79. The average Bonchev–Trinajstić information content (AvgIpc) is 2.94. The Hall–Kier alpha value is -3.08. The van der Waals surface area contributed by atoms with E-state index in [9.17, 15) is 15.8 Å². The second-order valence-corrected chi connectivity index (χ2v) is 8.80. The largest absolute Gasteiger partial charge is 0.494 e. The molecule has 2 aliphatic rings. The maximum atomic E-state index is 10.1. The number of rotatable bonds is 9. The van der Waals surface area contributed by atoms with Crippen LogP contribution in [0.2, 0.25) is 0 Å². The molecule has 0 aliphatic carbocycles. The fraction of sp³-hybridized carbons (Fsp3) is 0.600. The number of hydrogen-bond acceptors (Lipinski definition) is 7. The van der Waals surface area contributed by atoms with Gasteiger partial charge in [-0.3, -0.25) is 5.41 Å². The highest BCUT2D eigenvalue weighted by molar-refractivity contribution is 5.89. The van der Waals surface area contributed by atoms with Crippen LogP contribution in [0.25, 0.3) is 0 Å². The van der Waals surface area contributed by atoms with Crippen molar-refractivity contribution in [2.75, 3.05) is 6.61 Å². The maximum absolute atomic E-state index is 10.1. The lowest BCUT2D eigenvalue weighted by Crippen LogP contribution is -2.57. The lowest BCUT2D eigenvalue weighted by Gasteiger charge is -2.47. The van der Waals surface area contributed by atoms with E-state index in [0.29, 0.717) is 17.9 Å². The molecular formula is C25H30N4O3. The van der Waals surface area contributed by atoms with Gasteiger partial charge in [0.15, 0.2) is 5.41 Å². The Labute approximate surface area is 190 Å². The first kappa shape index (κ1) is 23.6. The molecule has 0 spiro atoms. The number of fused-ring (bicyclic) bond motifs is 2. The van der Waals surface area contributed by atoms with Crippen molar-refractivity contribution in [1.29, 1.82) is 21.2 Å². The summed E-state index contributed by atoms with van der Waals surface area (Å²) >= 11 is 0. The number of hydrogen-bond donors (Lipinski definition) is 1. The van der Waals surface area contributed by atoms with E-state index in [2.05, 4.69) is 13.0 Å². The minimum atomic E-state index is -1.92. The van der Waals surface area contributed by atoms with E-state index in [0.717, 1.165) is 12.8 Å². The Kier molecular flexibility index (Phi) is 6.77. The third-order valence-electron chi connectivity index (χ3n) is 6.94. The molecule has 7 nitrogen and oxygen atoms in total. The second kappa shape index (κ2) is 9.19. The van der Waals surface area contributed by atoms with Crippen molar-refractivity contribution < 1.29 is 14.2 Å². The van der Waals surface area contributed by atoms with Crippen LogP contribution >= 0.6 is 0 Å². The molecule has 2 aliphatic heterocycles. The summed E-state index contributed by atoms with van der Waals surface area (Å²) in [5.41, 5.74) is -3.08. The molecule has 1 aromatic rings. The highest BCUT2D eigenvalue weighted by Crippen LogP contribution is 2.66. The molecule has 7 heteroatoms. The number of unbranched alkanes of at least 4 members (excludes halogenated alkanes) is 5. The molecule has 1 N–H and O–H groups in total. The molecule has 4 atom stereocenters. The monoisotopic (exact) mass is 434 g/mol. The van der Waals surface area contributed by atoms with Crippen LogP contribution in [0, 0.1) is 56.2 Å². The van der Waals surface area contributed by atoms with Crippen molar-refractivity contribution in [3.8, 4) is 24.0 Å². The third-order valence-corrected chi connectivity index (χ3v) is 6.94. The van der Waals surface area contributed by atoms with E-state index >= 15 is 0 Å². The van der Waals surface area contributed by atoms with Crippen LogP contribution in [0.4, 0.5) is 0 Å². The Morgan fingerprint density at radius 3 is 2.22 bits per heavy atom. The van der Waals surface area contributed by atoms with E-state index < -0.39 is 28.6 Å². The van der Waals surface area contributed by atoms with Gasteiger partial charge in [0.25, 0.3) is 0 Å². The lowest BCUT2D eigenvalue weighted by atomic mass is 9.54. The summed E-state index contributed by atoms with van der Waals surface area (Å²) in [4.78, 5) is 0. The van der Waals surface area contributed by atoms with Gasteiger partial charge < -0.3 is 14.2 Å². The van der Waals surface area contributed by atoms with Crippen LogP contribution in [0.15, 0.2) is 24.3 Å². The number of benzene rings is 1. The van der Waals surface area contributed by atoms with Gasteiger partial charge in [0.1, 0.15) is 11.9 Å². The van der Waals surface area contributed by atoms with E-state index in [4.69, 9.17) is 19.6 Å². The van der Waals surface area contributed by atoms with Gasteiger partial charge in [-0.1, -0.05) is 58.1 Å². The zero-order valence-corrected chi connectivity index (χ0v) is 19.0. The van der Waals surface area contributed by atoms with Crippen molar-refractivity contribution in [1.82, 2.24) is 0 Å². The standard InChI is InChI=1S/C25H30N4O3/c1-4-5-6-7-8-9-14-30-20-12-10-19(11-13-20)21-24(15-26,16-27)25(17-28)18(2)23(3,31-21)32-22(25)29/h10-13,18,21,29H,4-9,14H2,1-3H3. The van der Waals surface area contributed by atoms with Crippen molar-refractivity contribution in [3.63, 3.8) is 0 Å². The molecule has 32 heavy (non-hydrogen) atoms. The van der Waals surface area contributed by atoms with Crippen molar-refractivity contribution in [2.45, 2.75) is 71.2 Å². The van der Waals surface area contributed by atoms with Crippen LogP contribution in [-0.2, 0) is 9.47 Å². The van der Waals surface area contributed by atoms with E-state index in [-0.39, 0.29) is 5.90 Å². The molecule has 2 bridgehead atoms. The topological polar surface area (TPSA) is 123 Å². The zero-order valence-electron chi connectivity index (χ0n) is 19.0. The Morgan fingerprint density at radius 1 is 1.00 bits per heavy atom. The van der Waals surface area contributed by atoms with E-state index in [1.165, 1.54) is 25.7 Å². The molecule has 0 radical (unpaired) electrons. The fourth-order valence-electron chi connectivity index (χ4n) is 4.82. The molecular weight excluding hydrogens is 404 g/mol. The lowest BCUT2D eigenvalue weighted by molar-refractivity contribution is -0.268. The summed E-state index contributed by atoms with van der Waals surface area (Å²) in [6, 6.07) is 13.2. The molecule has 0 amide bonds. The summed E-state index contributed by atoms with van der Waals surface area (Å²) in [5, 5.41) is 38.6. The van der Waals surface area contributed by atoms with Crippen LogP contribution in [0.5, 0.6) is 5.75 Å². The smallest absolute Gasteiger partial charge is 0.214 e. The van der Waals surface area contributed by atoms with Crippen LogP contribution in [-0.4, -0.2) is 18.3 Å². The first-order valence-electron chi connectivity index (χ1n) is 11.3. The highest BCUT2D eigenvalue weighted by atomic mass is 16.7. The molecule has 4 unspecified atom stereocenters. The SMILES string of the molecule is CCCCCCCCOc1ccc(C2OC3(C)OC(=N)C(C#N)(C3C)C2(C#N)C#N)cc1. The predicted octanol–water partition coefficient (Wildman–Crippen LogP) is 5.40. The molecule has 2 fully saturated rings. The number of nitrogens with one attached hydrogen (secondary N) is 1. The molecule has 2 saturated heterocycles. The van der Waals surface area contributed by atoms with E-state index in [1.54, 1.807) is 38.1 Å². The summed E-state index contributed by atoms with van der Waals surface area (Å²) in [6.07, 6.45) is 6.06. The van der Waals surface area contributed by atoms with Crippen molar-refractivity contribution in [2.24, 2.45) is 16.7 Å². The first-order chi connectivity index (χ1) is 15.3. The Bertz CT molecular complexity index is 957. The Morgan fingerprint density at radius 2 is 1.62 bits per heavy atom. The van der Waals surface area contributed by atoms with Crippen molar-refractivity contribution >= 4 is 5.90 Å². The van der Waals surface area contributed by atoms with Gasteiger partial charge in [-0.15, -0.1) is 0 Å². The first-order valence-corrected chi connectivity index (χ1v) is 11.3. The highest BCUT2D eigenvalue weighted by Gasteiger charge is 2.78. The normalized spacial score (nSPS) is 29.9. The molecule has 1 aromatic carbocycles. The summed E-state index contributed by atoms with van der Waals surface area (Å²) < 4.78 is 17.6. The number of nitrogens with zero attached hydrogens (tertiary/aromatic N) is 3. The number of ether oxygens (including phenoxy) is 3. The van der Waals surface area contributed by atoms with Gasteiger partial charge in [-0.05, 0) is 24.1 Å². The van der Waals surface area contributed by atoms with Gasteiger partial charge in [-0.2, -0.15) is 15.8 Å². The van der Waals surface area contributed by atoms with Gasteiger partial charge >= 0.3 is 0 Å². The fourth-order valence-corrected chi connectivity index (χ4v) is 4.82. The summed E-state index contributed by atoms with van der Waals surface area (Å²) in [7, 11) is 0. The summed E-state index contributed by atoms with van der Waals surface area (Å²) in [6.45, 7) is 6.16. The minimum absolute atomic E-state index is 0.389. The molecule has 2 heterocycles. The van der Waals surface area contributed by atoms with Crippen molar-refractivity contribution in [3.05, 3.63) is 29.8 Å². The molecule has 168 valence electrons. The quantitative estimate of drug-likeness (QED) is 0.519. The predicted molar refractivity (Wildman–Crippen MR) is 117 cm³/mol. The van der Waals surface area contributed by atoms with Gasteiger partial charge in [0.05, 0.1) is 30.7 Å².